The van der Waals surface area contributed by atoms with Crippen LogP contribution in [0.1, 0.15) is 45.8 Å². The van der Waals surface area contributed by atoms with Crippen molar-refractivity contribution in [3.05, 3.63) is 74.8 Å². The second-order valence-electron chi connectivity index (χ2n) is 8.80. The molecule has 2 aromatic carbocycles. The molecule has 0 aromatic heterocycles. The van der Waals surface area contributed by atoms with Crippen LogP contribution in [0.5, 0.6) is 0 Å². The van der Waals surface area contributed by atoms with Gasteiger partial charge in [-0.1, -0.05) is 35.3 Å². The molecule has 0 spiro atoms. The molecule has 1 saturated carbocycles. The summed E-state index contributed by atoms with van der Waals surface area (Å²) in [5.74, 6) is -7.12. The van der Waals surface area contributed by atoms with E-state index in [0.29, 0.717) is 12.1 Å². The SMILES string of the molecule is O=C(NC1(C(=O)NCC(F)(F)F)CC1)c1ccc(/C(F)=C/C(c2ccc(Cl)c(Cl)c2)C(F)(F)F)cc1C(F)(F)F. The Balaban J connectivity index is 1.94. The highest BCUT2D eigenvalue weighted by Gasteiger charge is 2.52. The van der Waals surface area contributed by atoms with Gasteiger partial charge in [0.1, 0.15) is 23.8 Å². The molecule has 0 aliphatic heterocycles. The van der Waals surface area contributed by atoms with E-state index in [0.717, 1.165) is 18.2 Å². The molecule has 0 saturated heterocycles. The fourth-order valence-corrected chi connectivity index (χ4v) is 3.93. The molecule has 1 aliphatic rings. The van der Waals surface area contributed by atoms with Crippen LogP contribution in [0, 0.1) is 0 Å². The first kappa shape index (κ1) is 31.5. The van der Waals surface area contributed by atoms with Crippen LogP contribution >= 0.6 is 23.2 Å². The fourth-order valence-electron chi connectivity index (χ4n) is 3.62. The van der Waals surface area contributed by atoms with Crippen molar-refractivity contribution in [1.82, 2.24) is 10.6 Å². The lowest BCUT2D eigenvalue weighted by Crippen LogP contribution is -2.51. The molecule has 218 valence electrons. The van der Waals surface area contributed by atoms with Gasteiger partial charge < -0.3 is 10.6 Å². The maximum atomic E-state index is 14.9. The predicted octanol–water partition coefficient (Wildman–Crippen LogP) is 7.61. The lowest BCUT2D eigenvalue weighted by atomic mass is 9.95. The van der Waals surface area contributed by atoms with Crippen molar-refractivity contribution in [2.45, 2.75) is 42.8 Å². The van der Waals surface area contributed by atoms with Crippen LogP contribution in [0.4, 0.5) is 43.9 Å². The quantitative estimate of drug-likeness (QED) is 0.312. The van der Waals surface area contributed by atoms with Crippen molar-refractivity contribution in [2.24, 2.45) is 0 Å². The van der Waals surface area contributed by atoms with E-state index in [2.05, 4.69) is 0 Å². The van der Waals surface area contributed by atoms with Crippen LogP contribution < -0.4 is 10.6 Å². The molecule has 2 amide bonds. The molecule has 16 heteroatoms. The van der Waals surface area contributed by atoms with E-state index in [9.17, 15) is 53.5 Å². The number of allylic oxidation sites excluding steroid dienone is 1. The normalized spacial score (nSPS) is 16.4. The zero-order valence-electron chi connectivity index (χ0n) is 19.6. The summed E-state index contributed by atoms with van der Waals surface area (Å²) >= 11 is 11.4. The van der Waals surface area contributed by atoms with Crippen LogP contribution in [0.3, 0.4) is 0 Å². The summed E-state index contributed by atoms with van der Waals surface area (Å²) in [5, 5.41) is 3.13. The Morgan fingerprint density at radius 1 is 0.925 bits per heavy atom. The van der Waals surface area contributed by atoms with Gasteiger partial charge in [-0.05, 0) is 48.7 Å². The first-order valence-corrected chi connectivity index (χ1v) is 11.8. The first-order chi connectivity index (χ1) is 18.2. The second-order valence-corrected chi connectivity index (χ2v) is 9.61. The van der Waals surface area contributed by atoms with Gasteiger partial charge in [-0.25, -0.2) is 4.39 Å². The third-order valence-electron chi connectivity index (χ3n) is 5.80. The van der Waals surface area contributed by atoms with Gasteiger partial charge in [-0.15, -0.1) is 0 Å². The van der Waals surface area contributed by atoms with Crippen molar-refractivity contribution >= 4 is 40.8 Å². The van der Waals surface area contributed by atoms with Crippen molar-refractivity contribution in [3.8, 4) is 0 Å². The number of carbonyl (C=O) groups is 2. The van der Waals surface area contributed by atoms with E-state index in [-0.39, 0.29) is 35.0 Å². The summed E-state index contributed by atoms with van der Waals surface area (Å²) in [6.07, 6.45) is -15.5. The maximum absolute atomic E-state index is 14.9. The number of benzene rings is 2. The summed E-state index contributed by atoms with van der Waals surface area (Å²) < 4.78 is 134. The molecule has 1 fully saturated rings. The van der Waals surface area contributed by atoms with E-state index in [1.807, 2.05) is 5.32 Å². The maximum Gasteiger partial charge on any atom is 0.417 e. The molecule has 3 rings (SSSR count). The van der Waals surface area contributed by atoms with Gasteiger partial charge in [0.15, 0.2) is 0 Å². The van der Waals surface area contributed by atoms with E-state index in [1.54, 1.807) is 0 Å². The zero-order valence-corrected chi connectivity index (χ0v) is 21.1. The number of hydrogen-bond donors (Lipinski definition) is 2. The first-order valence-electron chi connectivity index (χ1n) is 11.0. The Labute approximate surface area is 229 Å². The monoisotopic (exact) mass is 624 g/mol. The van der Waals surface area contributed by atoms with Crippen molar-refractivity contribution in [3.63, 3.8) is 0 Å². The highest BCUT2D eigenvalue weighted by molar-refractivity contribution is 6.42. The molecule has 4 nitrogen and oxygen atoms in total. The molecule has 1 aliphatic carbocycles. The summed E-state index contributed by atoms with van der Waals surface area (Å²) in [6, 6.07) is 3.94. The average molecular weight is 625 g/mol. The fraction of sp³-hybridized carbons (Fsp3) is 0.333. The summed E-state index contributed by atoms with van der Waals surface area (Å²) in [7, 11) is 0. The highest BCUT2D eigenvalue weighted by Crippen LogP contribution is 2.42. The smallest absolute Gasteiger partial charge is 0.345 e. The molecular formula is C24H16Cl2F10N2O2. The van der Waals surface area contributed by atoms with Crippen LogP contribution in [0.15, 0.2) is 42.5 Å². The predicted molar refractivity (Wildman–Crippen MR) is 124 cm³/mol. The van der Waals surface area contributed by atoms with Crippen LogP contribution in [0.2, 0.25) is 10.0 Å². The minimum absolute atomic E-state index is 0.0268. The number of amides is 2. The van der Waals surface area contributed by atoms with Crippen molar-refractivity contribution in [2.75, 3.05) is 6.54 Å². The van der Waals surface area contributed by atoms with E-state index < -0.39 is 76.4 Å². The number of nitrogens with one attached hydrogen (secondary N) is 2. The van der Waals surface area contributed by atoms with Gasteiger partial charge >= 0.3 is 18.5 Å². The average Bonchev–Trinajstić information content (AvgIpc) is 3.61. The minimum atomic E-state index is -5.31. The standard InChI is InChI=1S/C24H16Cl2F10N2O2/c25-16-4-2-11(8-17(16)26)14(23(31,32)33)9-18(27)12-1-3-13(15(7-12)24(34,35)36)19(39)38-21(5-6-21)20(40)37-10-22(28,29)30/h1-4,7-9,14H,5-6,10H2,(H,37,40)(H,38,39)/b18-9-. The Bertz CT molecular complexity index is 1330. The van der Waals surface area contributed by atoms with Gasteiger partial charge in [0.25, 0.3) is 5.91 Å². The van der Waals surface area contributed by atoms with Gasteiger partial charge in [0.05, 0.1) is 21.2 Å². The molecule has 0 heterocycles. The van der Waals surface area contributed by atoms with Gasteiger partial charge in [-0.2, -0.15) is 39.5 Å². The van der Waals surface area contributed by atoms with Gasteiger partial charge in [-0.3, -0.25) is 9.59 Å². The number of carbonyl (C=O) groups excluding carboxylic acids is 2. The van der Waals surface area contributed by atoms with E-state index in [4.69, 9.17) is 23.2 Å². The number of rotatable bonds is 7. The van der Waals surface area contributed by atoms with E-state index >= 15 is 0 Å². The molecule has 1 unspecified atom stereocenters. The zero-order chi connectivity index (χ0) is 30.3. The Morgan fingerprint density at radius 2 is 1.55 bits per heavy atom. The summed E-state index contributed by atoms with van der Waals surface area (Å²) in [6.45, 7) is -1.74. The summed E-state index contributed by atoms with van der Waals surface area (Å²) in [5.41, 5.74) is -6.27. The summed E-state index contributed by atoms with van der Waals surface area (Å²) in [4.78, 5) is 24.7. The molecule has 2 N–H and O–H groups in total. The molecule has 0 bridgehead atoms. The lowest BCUT2D eigenvalue weighted by Gasteiger charge is -2.20. The highest BCUT2D eigenvalue weighted by atomic mass is 35.5. The molecular weight excluding hydrogens is 609 g/mol. The Hall–Kier alpha value is -3.00. The topological polar surface area (TPSA) is 58.2 Å². The Morgan fingerprint density at radius 3 is 2.05 bits per heavy atom. The van der Waals surface area contributed by atoms with Crippen molar-refractivity contribution < 1.29 is 53.5 Å². The third-order valence-corrected chi connectivity index (χ3v) is 6.54. The third kappa shape index (κ3) is 7.59. The van der Waals surface area contributed by atoms with Gasteiger partial charge in [0, 0.05) is 5.56 Å². The number of hydrogen-bond acceptors (Lipinski definition) is 2. The van der Waals surface area contributed by atoms with Crippen molar-refractivity contribution in [1.29, 1.82) is 0 Å². The lowest BCUT2D eigenvalue weighted by molar-refractivity contribution is -0.140. The number of halogens is 12. The van der Waals surface area contributed by atoms with Crippen LogP contribution in [-0.4, -0.2) is 36.3 Å². The minimum Gasteiger partial charge on any atom is -0.345 e. The molecule has 2 aromatic rings. The van der Waals surface area contributed by atoms with E-state index in [1.165, 1.54) is 5.32 Å². The Kier molecular flexibility index (Phi) is 8.76. The molecule has 40 heavy (non-hydrogen) atoms. The molecule has 1 atom stereocenters. The largest absolute Gasteiger partial charge is 0.417 e. The van der Waals surface area contributed by atoms with Crippen LogP contribution in [0.25, 0.3) is 5.83 Å². The molecule has 0 radical (unpaired) electrons. The van der Waals surface area contributed by atoms with Crippen LogP contribution in [-0.2, 0) is 11.0 Å². The number of alkyl halides is 9. The van der Waals surface area contributed by atoms with Gasteiger partial charge in [0.2, 0.25) is 5.91 Å². The second kappa shape index (κ2) is 11.1.